The average Bonchev–Trinajstić information content (AvgIpc) is 2.66. The highest BCUT2D eigenvalue weighted by Gasteiger charge is 2.54. The van der Waals surface area contributed by atoms with Gasteiger partial charge in [0.25, 0.3) is 5.79 Å². The van der Waals surface area contributed by atoms with Gasteiger partial charge in [0.2, 0.25) is 5.91 Å². The van der Waals surface area contributed by atoms with Crippen LogP contribution in [0.25, 0.3) is 0 Å². The molecule has 1 aliphatic heterocycles. The Morgan fingerprint density at radius 2 is 1.87 bits per heavy atom. The van der Waals surface area contributed by atoms with Crippen LogP contribution in [-0.2, 0) is 28.6 Å². The summed E-state index contributed by atoms with van der Waals surface area (Å²) in [6.45, 7) is 5.27. The first-order valence-corrected chi connectivity index (χ1v) is 9.65. The van der Waals surface area contributed by atoms with Gasteiger partial charge < -0.3 is 45.7 Å². The van der Waals surface area contributed by atoms with Gasteiger partial charge >= 0.3 is 11.9 Å². The van der Waals surface area contributed by atoms with Crippen molar-refractivity contribution >= 4 is 17.8 Å². The van der Waals surface area contributed by atoms with E-state index in [1.54, 1.807) is 13.8 Å². The third-order valence-corrected chi connectivity index (χ3v) is 4.67. The minimum absolute atomic E-state index is 0.0857. The van der Waals surface area contributed by atoms with Gasteiger partial charge in [0, 0.05) is 13.3 Å². The molecule has 1 rings (SSSR count). The minimum atomic E-state index is -2.62. The number of carbonyl (C=O) groups is 3. The van der Waals surface area contributed by atoms with Gasteiger partial charge in [-0.25, -0.2) is 4.79 Å². The molecule has 1 aliphatic rings. The molecular weight excluding hydrogens is 404 g/mol. The van der Waals surface area contributed by atoms with Crippen LogP contribution in [0.4, 0.5) is 0 Å². The number of amides is 1. The van der Waals surface area contributed by atoms with Crippen molar-refractivity contribution in [2.75, 3.05) is 13.2 Å². The van der Waals surface area contributed by atoms with Gasteiger partial charge in [0.15, 0.2) is 0 Å². The van der Waals surface area contributed by atoms with E-state index in [1.165, 1.54) is 6.92 Å². The standard InChI is InChI=1S/C18H32N2O10/c1-5-28-17(26)18(27)6-10(22)13(20-9(4)21)15(30-18)14(24)11(23)7-29-16(25)12(19)8(2)3/h8,10-15,22-24,27H,5-7,19H2,1-4H3,(H,20,21). The predicted molar refractivity (Wildman–Crippen MR) is 100 cm³/mol. The van der Waals surface area contributed by atoms with Crippen molar-refractivity contribution in [2.45, 2.75) is 76.4 Å². The molecule has 0 spiro atoms. The number of nitrogens with two attached hydrogens (primary N) is 1. The second-order valence-electron chi connectivity index (χ2n) is 7.54. The summed E-state index contributed by atoms with van der Waals surface area (Å²) in [4.78, 5) is 35.4. The molecule has 7 atom stereocenters. The number of hydrogen-bond donors (Lipinski definition) is 6. The van der Waals surface area contributed by atoms with Crippen LogP contribution < -0.4 is 11.1 Å². The summed E-state index contributed by atoms with van der Waals surface area (Å²) in [6, 6.07) is -2.22. The van der Waals surface area contributed by atoms with E-state index in [2.05, 4.69) is 5.32 Å². The highest BCUT2D eigenvalue weighted by Crippen LogP contribution is 2.31. The molecule has 1 amide bonds. The van der Waals surface area contributed by atoms with E-state index in [4.69, 9.17) is 19.9 Å². The van der Waals surface area contributed by atoms with Gasteiger partial charge in [-0.3, -0.25) is 9.59 Å². The highest BCUT2D eigenvalue weighted by atomic mass is 16.7. The van der Waals surface area contributed by atoms with Crippen molar-refractivity contribution in [1.82, 2.24) is 5.32 Å². The Bertz CT molecular complexity index is 616. The predicted octanol–water partition coefficient (Wildman–Crippen LogP) is -2.86. The lowest BCUT2D eigenvalue weighted by Gasteiger charge is -2.45. The van der Waals surface area contributed by atoms with Crippen LogP contribution in [0.1, 0.15) is 34.1 Å². The van der Waals surface area contributed by atoms with Crippen LogP contribution >= 0.6 is 0 Å². The van der Waals surface area contributed by atoms with Crippen LogP contribution in [0.2, 0.25) is 0 Å². The molecule has 1 heterocycles. The SMILES string of the molecule is CCOC(=O)C1(O)CC(O)C(NC(C)=O)C(C(O)C(O)COC(=O)C(N)C(C)C)O1. The number of esters is 2. The largest absolute Gasteiger partial charge is 0.462 e. The molecule has 7 unspecified atom stereocenters. The summed E-state index contributed by atoms with van der Waals surface area (Å²) < 4.78 is 14.9. The van der Waals surface area contributed by atoms with Gasteiger partial charge in [-0.15, -0.1) is 0 Å². The van der Waals surface area contributed by atoms with E-state index in [-0.39, 0.29) is 12.5 Å². The lowest BCUT2D eigenvalue weighted by Crippen LogP contribution is -2.67. The summed E-state index contributed by atoms with van der Waals surface area (Å²) in [5, 5.41) is 44.0. The molecule has 12 heteroatoms. The average molecular weight is 436 g/mol. The van der Waals surface area contributed by atoms with E-state index in [0.717, 1.165) is 6.92 Å². The molecule has 30 heavy (non-hydrogen) atoms. The fourth-order valence-corrected chi connectivity index (χ4v) is 2.90. The quantitative estimate of drug-likeness (QED) is 0.203. The molecule has 0 bridgehead atoms. The first kappa shape index (κ1) is 26.2. The third kappa shape index (κ3) is 6.59. The number of rotatable bonds is 9. The molecule has 12 nitrogen and oxygen atoms in total. The molecule has 0 aromatic heterocycles. The normalized spacial score (nSPS) is 29.6. The number of carbonyl (C=O) groups excluding carboxylic acids is 3. The van der Waals surface area contributed by atoms with Crippen molar-refractivity contribution in [1.29, 1.82) is 0 Å². The molecule has 7 N–H and O–H groups in total. The van der Waals surface area contributed by atoms with Crippen LogP contribution in [0, 0.1) is 5.92 Å². The molecule has 1 saturated heterocycles. The molecule has 0 aromatic carbocycles. The Kier molecular flexibility index (Phi) is 9.59. The number of aliphatic hydroxyl groups excluding tert-OH is 3. The fraction of sp³-hybridized carbons (Fsp3) is 0.833. The summed E-state index contributed by atoms with van der Waals surface area (Å²) in [5.74, 6) is -5.44. The van der Waals surface area contributed by atoms with Crippen LogP contribution in [-0.4, -0.2) is 93.8 Å². The number of ether oxygens (including phenoxy) is 3. The van der Waals surface area contributed by atoms with Gasteiger partial charge in [-0.1, -0.05) is 13.8 Å². The summed E-state index contributed by atoms with van der Waals surface area (Å²) >= 11 is 0. The van der Waals surface area contributed by atoms with Crippen molar-refractivity contribution < 1.29 is 49.0 Å². The zero-order valence-corrected chi connectivity index (χ0v) is 17.5. The van der Waals surface area contributed by atoms with E-state index >= 15 is 0 Å². The first-order chi connectivity index (χ1) is 13.8. The van der Waals surface area contributed by atoms with Crippen molar-refractivity contribution in [3.63, 3.8) is 0 Å². The molecule has 174 valence electrons. The maximum atomic E-state index is 12.1. The minimum Gasteiger partial charge on any atom is -0.462 e. The number of aliphatic hydroxyl groups is 4. The second-order valence-corrected chi connectivity index (χ2v) is 7.54. The maximum Gasteiger partial charge on any atom is 0.366 e. The van der Waals surface area contributed by atoms with Gasteiger partial charge in [-0.05, 0) is 12.8 Å². The maximum absolute atomic E-state index is 12.1. The summed E-state index contributed by atoms with van der Waals surface area (Å²) in [5.41, 5.74) is 5.65. The van der Waals surface area contributed by atoms with Crippen molar-refractivity contribution in [3.8, 4) is 0 Å². The third-order valence-electron chi connectivity index (χ3n) is 4.67. The Balaban J connectivity index is 2.99. The Hall–Kier alpha value is -1.83. The Morgan fingerprint density at radius 1 is 1.27 bits per heavy atom. The smallest absolute Gasteiger partial charge is 0.366 e. The summed E-state index contributed by atoms with van der Waals surface area (Å²) in [7, 11) is 0. The molecule has 0 aromatic rings. The molecule has 0 radical (unpaired) electrons. The molecular formula is C18H32N2O10. The lowest BCUT2D eigenvalue weighted by atomic mass is 9.88. The van der Waals surface area contributed by atoms with Crippen LogP contribution in [0.15, 0.2) is 0 Å². The summed E-state index contributed by atoms with van der Waals surface area (Å²) in [6.07, 6.45) is -7.43. The van der Waals surface area contributed by atoms with Gasteiger partial charge in [-0.2, -0.15) is 0 Å². The van der Waals surface area contributed by atoms with E-state index in [1.807, 2.05) is 0 Å². The molecule has 0 saturated carbocycles. The number of nitrogens with one attached hydrogen (secondary N) is 1. The lowest BCUT2D eigenvalue weighted by molar-refractivity contribution is -0.297. The Morgan fingerprint density at radius 3 is 2.37 bits per heavy atom. The monoisotopic (exact) mass is 436 g/mol. The van der Waals surface area contributed by atoms with Gasteiger partial charge in [0.1, 0.15) is 31.0 Å². The van der Waals surface area contributed by atoms with E-state index in [9.17, 15) is 34.8 Å². The highest BCUT2D eigenvalue weighted by molar-refractivity contribution is 5.78. The second kappa shape index (κ2) is 11.0. The van der Waals surface area contributed by atoms with Crippen LogP contribution in [0.3, 0.4) is 0 Å². The fourth-order valence-electron chi connectivity index (χ4n) is 2.90. The van der Waals surface area contributed by atoms with E-state index < -0.39 is 73.2 Å². The number of hydrogen-bond acceptors (Lipinski definition) is 11. The first-order valence-electron chi connectivity index (χ1n) is 9.65. The Labute approximate surface area is 174 Å². The molecule has 1 fully saturated rings. The van der Waals surface area contributed by atoms with Crippen LogP contribution in [0.5, 0.6) is 0 Å². The van der Waals surface area contributed by atoms with E-state index in [0.29, 0.717) is 0 Å². The zero-order valence-electron chi connectivity index (χ0n) is 17.5. The molecule has 0 aliphatic carbocycles. The topological polar surface area (TPSA) is 198 Å². The van der Waals surface area contributed by atoms with Gasteiger partial charge in [0.05, 0.1) is 18.8 Å². The van der Waals surface area contributed by atoms with Crippen molar-refractivity contribution in [3.05, 3.63) is 0 Å². The zero-order chi connectivity index (χ0) is 23.2. The van der Waals surface area contributed by atoms with Crippen molar-refractivity contribution in [2.24, 2.45) is 11.7 Å².